The summed E-state index contributed by atoms with van der Waals surface area (Å²) < 4.78 is 27.0. The fraction of sp³-hybridized carbons (Fsp3) is 0.409. The molecule has 0 bridgehead atoms. The number of hydrogen-bond donors (Lipinski definition) is 3. The maximum Gasteiger partial charge on any atom is 0.320 e. The molecule has 3 rings (SSSR count). The van der Waals surface area contributed by atoms with E-state index in [9.17, 15) is 23.7 Å². The molecule has 2 atom stereocenters. The molecule has 0 radical (unpaired) electrons. The van der Waals surface area contributed by atoms with Gasteiger partial charge in [0.05, 0.1) is 0 Å². The molecule has 168 valence electrons. The van der Waals surface area contributed by atoms with Crippen molar-refractivity contribution in [1.82, 2.24) is 4.90 Å². The molecular formula is C22H27ClFN2O4P. The van der Waals surface area contributed by atoms with Gasteiger partial charge in [-0.05, 0) is 48.7 Å². The molecule has 2 aromatic carbocycles. The number of hydrogen-bond acceptors (Lipinski definition) is 4. The fourth-order valence-corrected chi connectivity index (χ4v) is 6.63. The van der Waals surface area contributed by atoms with Crippen molar-refractivity contribution in [3.8, 4) is 11.1 Å². The lowest BCUT2D eigenvalue weighted by molar-refractivity contribution is -0.141. The predicted octanol–water partition coefficient (Wildman–Crippen LogP) is 4.18. The SMILES string of the molecule is NCCCC[C@@]1(C(=O)O)CN(Cc2ccc(F)cc2-c2ccccc2Cl)CCP1(=O)O. The second-order valence-electron chi connectivity index (χ2n) is 8.00. The third-order valence-corrected chi connectivity index (χ3v) is 8.98. The molecule has 2 aromatic rings. The zero-order valence-electron chi connectivity index (χ0n) is 17.1. The molecule has 1 fully saturated rings. The Balaban J connectivity index is 1.92. The van der Waals surface area contributed by atoms with E-state index in [4.69, 9.17) is 17.3 Å². The van der Waals surface area contributed by atoms with Crippen LogP contribution in [0, 0.1) is 5.82 Å². The van der Waals surface area contributed by atoms with Crippen LogP contribution in [-0.2, 0) is 15.9 Å². The maximum absolute atomic E-state index is 14.0. The van der Waals surface area contributed by atoms with Gasteiger partial charge in [0.1, 0.15) is 5.82 Å². The normalized spacial score (nSPS) is 24.3. The Labute approximate surface area is 186 Å². The first-order valence-corrected chi connectivity index (χ1v) is 12.4. The van der Waals surface area contributed by atoms with Gasteiger partial charge in [-0.2, -0.15) is 0 Å². The fourth-order valence-electron chi connectivity index (χ4n) is 4.18. The maximum atomic E-state index is 14.0. The molecule has 0 aliphatic carbocycles. The number of carboxylic acids is 1. The van der Waals surface area contributed by atoms with Gasteiger partial charge in [-0.25, -0.2) is 4.39 Å². The second kappa shape index (κ2) is 9.80. The van der Waals surface area contributed by atoms with Crippen molar-refractivity contribution in [1.29, 1.82) is 0 Å². The van der Waals surface area contributed by atoms with Crippen molar-refractivity contribution in [3.05, 3.63) is 58.9 Å². The molecule has 1 saturated heterocycles. The summed E-state index contributed by atoms with van der Waals surface area (Å²) >= 11 is 6.33. The van der Waals surface area contributed by atoms with E-state index < -0.39 is 24.3 Å². The Bertz CT molecular complexity index is 1010. The van der Waals surface area contributed by atoms with E-state index in [0.29, 0.717) is 42.1 Å². The Kier molecular flexibility index (Phi) is 7.55. The van der Waals surface area contributed by atoms with E-state index >= 15 is 0 Å². The largest absolute Gasteiger partial charge is 0.480 e. The van der Waals surface area contributed by atoms with Gasteiger partial charge in [0, 0.05) is 36.4 Å². The van der Waals surface area contributed by atoms with Crippen molar-refractivity contribution < 1.29 is 23.7 Å². The average Bonchev–Trinajstić information content (AvgIpc) is 2.72. The molecule has 1 aliphatic rings. The van der Waals surface area contributed by atoms with Crippen molar-refractivity contribution in [2.45, 2.75) is 31.0 Å². The molecule has 0 amide bonds. The van der Waals surface area contributed by atoms with Crippen LogP contribution in [0.3, 0.4) is 0 Å². The number of nitrogens with zero attached hydrogens (tertiary/aromatic N) is 1. The van der Waals surface area contributed by atoms with Crippen molar-refractivity contribution in [3.63, 3.8) is 0 Å². The molecule has 1 heterocycles. The summed E-state index contributed by atoms with van der Waals surface area (Å²) in [7, 11) is -3.91. The van der Waals surface area contributed by atoms with Gasteiger partial charge in [-0.1, -0.05) is 42.3 Å². The minimum atomic E-state index is -3.91. The lowest BCUT2D eigenvalue weighted by Crippen LogP contribution is -2.53. The smallest absolute Gasteiger partial charge is 0.320 e. The van der Waals surface area contributed by atoms with Crippen LogP contribution in [0.5, 0.6) is 0 Å². The monoisotopic (exact) mass is 468 g/mol. The quantitative estimate of drug-likeness (QED) is 0.396. The van der Waals surface area contributed by atoms with Crippen LogP contribution in [0.15, 0.2) is 42.5 Å². The summed E-state index contributed by atoms with van der Waals surface area (Å²) in [6.07, 6.45) is 1.03. The van der Waals surface area contributed by atoms with Crippen LogP contribution in [0.2, 0.25) is 5.02 Å². The van der Waals surface area contributed by atoms with Crippen LogP contribution in [0.25, 0.3) is 11.1 Å². The molecule has 6 nitrogen and oxygen atoms in total. The Morgan fingerprint density at radius 3 is 2.65 bits per heavy atom. The first-order valence-electron chi connectivity index (χ1n) is 10.2. The number of halogens is 2. The van der Waals surface area contributed by atoms with E-state index in [-0.39, 0.29) is 25.7 Å². The highest BCUT2D eigenvalue weighted by molar-refractivity contribution is 7.61. The van der Waals surface area contributed by atoms with Crippen molar-refractivity contribution in [2.75, 3.05) is 25.8 Å². The standard InChI is InChI=1S/C22H27ClFN2O4P/c23-20-6-2-1-5-18(20)19-13-17(24)8-7-16(19)14-26-11-12-31(29,30)22(15-26,21(27)28)9-3-4-10-25/h1-2,5-8,13H,3-4,9-12,14-15,25H2,(H,27,28)(H,29,30)/t22-/m0/s1. The highest BCUT2D eigenvalue weighted by Gasteiger charge is 2.56. The predicted molar refractivity (Wildman–Crippen MR) is 120 cm³/mol. The molecule has 0 aromatic heterocycles. The summed E-state index contributed by atoms with van der Waals surface area (Å²) in [6.45, 7) is 0.928. The zero-order valence-corrected chi connectivity index (χ0v) is 18.8. The van der Waals surface area contributed by atoms with Gasteiger partial charge < -0.3 is 15.7 Å². The van der Waals surface area contributed by atoms with Crippen molar-refractivity contribution >= 4 is 24.9 Å². The highest BCUT2D eigenvalue weighted by atomic mass is 35.5. The highest BCUT2D eigenvalue weighted by Crippen LogP contribution is 2.59. The van der Waals surface area contributed by atoms with E-state index in [1.54, 1.807) is 24.3 Å². The Hall–Kier alpha value is -1.76. The number of carbonyl (C=O) groups is 1. The van der Waals surface area contributed by atoms with Crippen molar-refractivity contribution in [2.24, 2.45) is 5.73 Å². The van der Waals surface area contributed by atoms with Gasteiger partial charge >= 0.3 is 5.97 Å². The van der Waals surface area contributed by atoms with Crippen LogP contribution >= 0.6 is 19.0 Å². The van der Waals surface area contributed by atoms with Gasteiger partial charge in [0.2, 0.25) is 7.37 Å². The third kappa shape index (κ3) is 5.02. The minimum Gasteiger partial charge on any atom is -0.480 e. The molecule has 1 aliphatic heterocycles. The van der Waals surface area contributed by atoms with Crippen LogP contribution < -0.4 is 5.73 Å². The van der Waals surface area contributed by atoms with E-state index in [1.807, 2.05) is 11.0 Å². The van der Waals surface area contributed by atoms with Gasteiger partial charge in [-0.15, -0.1) is 0 Å². The number of benzene rings is 2. The Morgan fingerprint density at radius 2 is 1.97 bits per heavy atom. The van der Waals surface area contributed by atoms with Gasteiger partial charge in [0.15, 0.2) is 5.16 Å². The van der Waals surface area contributed by atoms with Crippen LogP contribution in [0.1, 0.15) is 24.8 Å². The molecule has 0 spiro atoms. The first-order chi connectivity index (χ1) is 14.7. The zero-order chi connectivity index (χ0) is 22.6. The summed E-state index contributed by atoms with van der Waals surface area (Å²) in [5.74, 6) is -1.66. The average molecular weight is 469 g/mol. The molecule has 9 heteroatoms. The third-order valence-electron chi connectivity index (χ3n) is 5.95. The lowest BCUT2D eigenvalue weighted by atomic mass is 9.97. The van der Waals surface area contributed by atoms with E-state index in [2.05, 4.69) is 0 Å². The number of unbranched alkanes of at least 4 members (excludes halogenated alkanes) is 1. The van der Waals surface area contributed by atoms with Gasteiger partial charge in [-0.3, -0.25) is 14.3 Å². The summed E-state index contributed by atoms with van der Waals surface area (Å²) in [5.41, 5.74) is 7.59. The second-order valence-corrected chi connectivity index (χ2v) is 11.1. The molecular weight excluding hydrogens is 442 g/mol. The summed E-state index contributed by atoms with van der Waals surface area (Å²) in [6, 6.07) is 11.5. The molecule has 4 N–H and O–H groups in total. The number of aliphatic carboxylic acids is 1. The topological polar surface area (TPSA) is 104 Å². The number of nitrogens with two attached hydrogens (primary N) is 1. The van der Waals surface area contributed by atoms with E-state index in [0.717, 1.165) is 5.56 Å². The van der Waals surface area contributed by atoms with Crippen LogP contribution in [-0.4, -0.2) is 51.8 Å². The first kappa shape index (κ1) is 23.9. The number of carboxylic acid groups (broad SMARTS) is 1. The molecule has 1 unspecified atom stereocenters. The Morgan fingerprint density at radius 1 is 1.23 bits per heavy atom. The van der Waals surface area contributed by atoms with E-state index in [1.165, 1.54) is 12.1 Å². The minimum absolute atomic E-state index is 0.0555. The summed E-state index contributed by atoms with van der Waals surface area (Å²) in [5, 5.41) is 8.71. The lowest BCUT2D eigenvalue weighted by Gasteiger charge is -2.43. The number of rotatable bonds is 8. The van der Waals surface area contributed by atoms with Crippen LogP contribution in [0.4, 0.5) is 4.39 Å². The molecule has 0 saturated carbocycles. The van der Waals surface area contributed by atoms with Gasteiger partial charge in [0.25, 0.3) is 0 Å². The summed E-state index contributed by atoms with van der Waals surface area (Å²) in [4.78, 5) is 24.7. The molecule has 31 heavy (non-hydrogen) atoms.